The van der Waals surface area contributed by atoms with E-state index in [4.69, 9.17) is 5.53 Å². The van der Waals surface area contributed by atoms with Crippen molar-refractivity contribution in [3.8, 4) is 0 Å². The van der Waals surface area contributed by atoms with Crippen LogP contribution in [0.15, 0.2) is 29.4 Å². The molecule has 0 radical (unpaired) electrons. The molecule has 1 fully saturated rings. The van der Waals surface area contributed by atoms with Crippen molar-refractivity contribution in [2.75, 3.05) is 6.54 Å². The van der Waals surface area contributed by atoms with Crippen molar-refractivity contribution in [2.45, 2.75) is 37.9 Å². The van der Waals surface area contributed by atoms with E-state index in [0.717, 1.165) is 17.3 Å². The van der Waals surface area contributed by atoms with E-state index in [9.17, 15) is 9.59 Å². The summed E-state index contributed by atoms with van der Waals surface area (Å²) in [5.74, 6) is -0.567. The first-order chi connectivity index (χ1) is 9.44. The molecule has 1 unspecified atom stereocenters. The minimum Gasteiger partial charge on any atom is -0.297 e. The molecule has 0 amide bonds. The molecule has 0 N–H and O–H groups in total. The Bertz CT molecular complexity index is 495. The van der Waals surface area contributed by atoms with Crippen molar-refractivity contribution in [1.82, 2.24) is 0 Å². The Morgan fingerprint density at radius 1 is 1.55 bits per heavy atom. The largest absolute Gasteiger partial charge is 0.297 e. The summed E-state index contributed by atoms with van der Waals surface area (Å²) in [5, 5.41) is 3.38. The van der Waals surface area contributed by atoms with Crippen LogP contribution in [0.3, 0.4) is 0 Å². The third kappa shape index (κ3) is 3.99. The van der Waals surface area contributed by atoms with Gasteiger partial charge in [0.15, 0.2) is 5.78 Å². The van der Waals surface area contributed by atoms with Crippen LogP contribution in [0.4, 0.5) is 0 Å². The molecule has 1 rings (SSSR count). The number of unbranched alkanes of at least 4 members (excludes halogenated alkanes) is 1. The highest BCUT2D eigenvalue weighted by atomic mass is 32.2. The third-order valence-electron chi connectivity index (χ3n) is 3.29. The Morgan fingerprint density at radius 2 is 2.25 bits per heavy atom. The summed E-state index contributed by atoms with van der Waals surface area (Å²) in [5.41, 5.74) is 9.06. The molecule has 6 heteroatoms. The number of allylic oxidation sites excluding steroid dienone is 2. The van der Waals surface area contributed by atoms with Crippen molar-refractivity contribution in [1.29, 1.82) is 0 Å². The fourth-order valence-electron chi connectivity index (χ4n) is 2.20. The Kier molecular flexibility index (Phi) is 6.05. The number of carbonyl (C=O) groups excluding carboxylic acids is 2. The van der Waals surface area contributed by atoms with Gasteiger partial charge in [-0.25, -0.2) is 0 Å². The number of hydrogen-bond donors (Lipinski definition) is 0. The number of azide groups is 1. The number of hydrogen-bond acceptors (Lipinski definition) is 4. The van der Waals surface area contributed by atoms with Gasteiger partial charge in [0.1, 0.15) is 0 Å². The van der Waals surface area contributed by atoms with Gasteiger partial charge < -0.3 is 0 Å². The lowest BCUT2D eigenvalue weighted by Crippen LogP contribution is -2.28. The lowest BCUT2D eigenvalue weighted by molar-refractivity contribution is -0.127. The zero-order valence-corrected chi connectivity index (χ0v) is 12.7. The number of nitrogens with zero attached hydrogens (tertiary/aromatic N) is 3. The highest BCUT2D eigenvalue weighted by molar-refractivity contribution is 8.16. The zero-order chi connectivity index (χ0) is 15.2. The summed E-state index contributed by atoms with van der Waals surface area (Å²) >= 11 is 1.10. The van der Waals surface area contributed by atoms with Crippen LogP contribution in [0.25, 0.3) is 10.4 Å². The van der Waals surface area contributed by atoms with E-state index >= 15 is 0 Å². The zero-order valence-electron chi connectivity index (χ0n) is 11.8. The summed E-state index contributed by atoms with van der Waals surface area (Å²) in [6, 6.07) is 0. The number of ketones is 1. The molecule has 1 aliphatic heterocycles. The number of thioether (sulfide) groups is 1. The van der Waals surface area contributed by atoms with E-state index in [2.05, 4.69) is 16.6 Å². The predicted molar refractivity (Wildman–Crippen MR) is 81.3 cm³/mol. The summed E-state index contributed by atoms with van der Waals surface area (Å²) in [6.45, 7) is 7.72. The molecule has 5 nitrogen and oxygen atoms in total. The number of rotatable bonds is 7. The van der Waals surface area contributed by atoms with Crippen LogP contribution in [-0.4, -0.2) is 22.2 Å². The van der Waals surface area contributed by atoms with Gasteiger partial charge in [0.2, 0.25) is 5.12 Å². The maximum absolute atomic E-state index is 12.4. The molecule has 1 heterocycles. The molecule has 108 valence electrons. The fourth-order valence-corrected chi connectivity index (χ4v) is 3.47. The van der Waals surface area contributed by atoms with E-state index in [-0.39, 0.29) is 10.9 Å². The molecular formula is C14H19N3O2S. The Balaban J connectivity index is 2.67. The highest BCUT2D eigenvalue weighted by Crippen LogP contribution is 2.43. The van der Waals surface area contributed by atoms with Crippen LogP contribution in [0.5, 0.6) is 0 Å². The third-order valence-corrected chi connectivity index (χ3v) is 4.52. The highest BCUT2D eigenvalue weighted by Gasteiger charge is 2.48. The molecule has 0 spiro atoms. The van der Waals surface area contributed by atoms with Crippen molar-refractivity contribution in [3.63, 3.8) is 0 Å². The average molecular weight is 293 g/mol. The second-order valence-electron chi connectivity index (χ2n) is 4.99. The Hall–Kier alpha value is -1.52. The SMILES string of the molecule is C=C/C(C)=C/[C@@]1(C)SC(=O)C(CCCCN=[N+]=[N-])C1=O. The molecule has 0 aromatic heterocycles. The standard InChI is InChI=1S/C14H19N3O2S/c1-4-10(2)9-14(3)12(18)11(13(19)20-14)7-5-6-8-16-17-15/h4,9,11H,1,5-8H2,2-3H3/b10-9+/t11?,14-/m1/s1. The fraction of sp³-hybridized carbons (Fsp3) is 0.571. The second-order valence-corrected chi connectivity index (χ2v) is 6.44. The van der Waals surface area contributed by atoms with Crippen LogP contribution < -0.4 is 0 Å². The van der Waals surface area contributed by atoms with Crippen molar-refractivity contribution >= 4 is 22.7 Å². The van der Waals surface area contributed by atoms with Gasteiger partial charge in [0.25, 0.3) is 0 Å². The summed E-state index contributed by atoms with van der Waals surface area (Å²) in [4.78, 5) is 27.1. The molecule has 1 aliphatic rings. The predicted octanol–water partition coefficient (Wildman–Crippen LogP) is 3.82. The van der Waals surface area contributed by atoms with Crippen LogP contribution in [0, 0.1) is 5.92 Å². The number of carbonyl (C=O) groups is 2. The first kappa shape index (κ1) is 16.5. The molecule has 0 aliphatic carbocycles. The van der Waals surface area contributed by atoms with Crippen molar-refractivity contribution < 1.29 is 9.59 Å². The normalized spacial score (nSPS) is 26.5. The van der Waals surface area contributed by atoms with Gasteiger partial charge in [0, 0.05) is 11.5 Å². The Morgan fingerprint density at radius 3 is 2.85 bits per heavy atom. The topological polar surface area (TPSA) is 82.9 Å². The molecule has 20 heavy (non-hydrogen) atoms. The Labute approximate surface area is 123 Å². The van der Waals surface area contributed by atoms with E-state index in [0.29, 0.717) is 25.8 Å². The molecule has 0 saturated carbocycles. The van der Waals surface area contributed by atoms with Gasteiger partial charge in [-0.3, -0.25) is 9.59 Å². The van der Waals surface area contributed by atoms with Crippen molar-refractivity contribution in [2.24, 2.45) is 11.0 Å². The average Bonchev–Trinajstić information content (AvgIpc) is 2.61. The summed E-state index contributed by atoms with van der Waals surface area (Å²) < 4.78 is -0.773. The maximum Gasteiger partial charge on any atom is 0.200 e. The lowest BCUT2D eigenvalue weighted by Gasteiger charge is -2.16. The van der Waals surface area contributed by atoms with Crippen LogP contribution in [0.2, 0.25) is 0 Å². The first-order valence-electron chi connectivity index (χ1n) is 6.54. The molecule has 0 aromatic rings. The van der Waals surface area contributed by atoms with Gasteiger partial charge in [-0.1, -0.05) is 47.6 Å². The molecule has 1 saturated heterocycles. The summed E-state index contributed by atoms with van der Waals surface area (Å²) in [6.07, 6.45) is 5.43. The second kappa shape index (κ2) is 7.31. The smallest absolute Gasteiger partial charge is 0.200 e. The molecule has 0 aromatic carbocycles. The van der Waals surface area contributed by atoms with Gasteiger partial charge >= 0.3 is 0 Å². The van der Waals surface area contributed by atoms with Gasteiger partial charge in [-0.05, 0) is 32.2 Å². The minimum atomic E-state index is -0.773. The summed E-state index contributed by atoms with van der Waals surface area (Å²) in [7, 11) is 0. The molecular weight excluding hydrogens is 274 g/mol. The monoisotopic (exact) mass is 293 g/mol. The van der Waals surface area contributed by atoms with Gasteiger partial charge in [-0.15, -0.1) is 0 Å². The number of Topliss-reactive ketones (excluding diaryl/α,β-unsaturated/α-hetero) is 1. The maximum atomic E-state index is 12.4. The lowest BCUT2D eigenvalue weighted by atomic mass is 9.89. The molecule has 0 bridgehead atoms. The van der Waals surface area contributed by atoms with Crippen molar-refractivity contribution in [3.05, 3.63) is 34.7 Å². The van der Waals surface area contributed by atoms with Crippen LogP contribution in [0.1, 0.15) is 33.1 Å². The van der Waals surface area contributed by atoms with Gasteiger partial charge in [0.05, 0.1) is 10.7 Å². The molecule has 2 atom stereocenters. The van der Waals surface area contributed by atoms with E-state index < -0.39 is 10.7 Å². The van der Waals surface area contributed by atoms with E-state index in [1.165, 1.54) is 0 Å². The van der Waals surface area contributed by atoms with Crippen LogP contribution in [-0.2, 0) is 9.59 Å². The minimum absolute atomic E-state index is 0.0301. The van der Waals surface area contributed by atoms with Gasteiger partial charge in [-0.2, -0.15) is 0 Å². The quantitative estimate of drug-likeness (QED) is 0.179. The van der Waals surface area contributed by atoms with E-state index in [1.807, 2.05) is 13.0 Å². The van der Waals surface area contributed by atoms with Crippen LogP contribution >= 0.6 is 11.8 Å². The van der Waals surface area contributed by atoms with E-state index in [1.54, 1.807) is 13.0 Å². The first-order valence-corrected chi connectivity index (χ1v) is 7.36.